The molecule has 0 N–H and O–H groups in total. The average Bonchev–Trinajstić information content (AvgIpc) is 2.11. The minimum Gasteiger partial charge on any atom is -0.380 e. The molecule has 0 saturated carbocycles. The van der Waals surface area contributed by atoms with Gasteiger partial charge >= 0.3 is 0 Å². The van der Waals surface area contributed by atoms with Crippen molar-refractivity contribution < 1.29 is 4.74 Å². The van der Waals surface area contributed by atoms with Gasteiger partial charge < -0.3 is 9.64 Å². The molecular formula is C9H20BrNO. The third-order valence-corrected chi connectivity index (χ3v) is 2.37. The Hall–Kier alpha value is 0.400. The van der Waals surface area contributed by atoms with E-state index in [9.17, 15) is 0 Å². The minimum absolute atomic E-state index is 0.829. The maximum absolute atomic E-state index is 5.29. The van der Waals surface area contributed by atoms with Crippen LogP contribution < -0.4 is 0 Å². The van der Waals surface area contributed by atoms with E-state index in [1.807, 2.05) is 6.92 Å². The number of alkyl halides is 1. The Kier molecular flexibility index (Phi) is 9.80. The molecule has 0 saturated heterocycles. The number of hydrogen-bond donors (Lipinski definition) is 0. The third kappa shape index (κ3) is 7.07. The van der Waals surface area contributed by atoms with Gasteiger partial charge in [-0.2, -0.15) is 0 Å². The van der Waals surface area contributed by atoms with Crippen LogP contribution in [0.1, 0.15) is 20.3 Å². The Labute approximate surface area is 84.4 Å². The highest BCUT2D eigenvalue weighted by Gasteiger charge is 1.99. The Morgan fingerprint density at radius 2 is 2.00 bits per heavy atom. The molecular weight excluding hydrogens is 218 g/mol. The van der Waals surface area contributed by atoms with E-state index in [0.717, 1.165) is 31.6 Å². The van der Waals surface area contributed by atoms with E-state index in [2.05, 4.69) is 27.8 Å². The minimum atomic E-state index is 0.829. The zero-order valence-corrected chi connectivity index (χ0v) is 9.77. The first-order chi connectivity index (χ1) is 5.85. The standard InChI is InChI=1S/C9H20BrNO/c1-3-11(7-5-6-10)8-9-12-4-2/h3-9H2,1-2H3. The number of hydrogen-bond acceptors (Lipinski definition) is 2. The molecule has 0 aromatic heterocycles. The molecule has 0 atom stereocenters. The van der Waals surface area contributed by atoms with Crippen LogP contribution in [0, 0.1) is 0 Å². The van der Waals surface area contributed by atoms with Gasteiger partial charge in [-0.15, -0.1) is 0 Å². The smallest absolute Gasteiger partial charge is 0.0593 e. The zero-order valence-electron chi connectivity index (χ0n) is 8.18. The van der Waals surface area contributed by atoms with Crippen molar-refractivity contribution in [2.75, 3.05) is 38.2 Å². The van der Waals surface area contributed by atoms with Crippen LogP contribution in [0.3, 0.4) is 0 Å². The van der Waals surface area contributed by atoms with Crippen molar-refractivity contribution in [2.45, 2.75) is 20.3 Å². The van der Waals surface area contributed by atoms with E-state index >= 15 is 0 Å². The van der Waals surface area contributed by atoms with Crippen molar-refractivity contribution in [1.29, 1.82) is 0 Å². The van der Waals surface area contributed by atoms with E-state index in [4.69, 9.17) is 4.74 Å². The molecule has 0 heterocycles. The van der Waals surface area contributed by atoms with Gasteiger partial charge in [0.15, 0.2) is 0 Å². The molecule has 0 unspecified atom stereocenters. The molecule has 0 bridgehead atoms. The molecule has 0 aromatic rings. The number of likely N-dealkylation sites (N-methyl/N-ethyl adjacent to an activating group) is 1. The zero-order chi connectivity index (χ0) is 9.23. The van der Waals surface area contributed by atoms with E-state index in [0.29, 0.717) is 0 Å². The molecule has 0 fully saturated rings. The molecule has 3 heteroatoms. The van der Waals surface area contributed by atoms with Crippen molar-refractivity contribution >= 4 is 15.9 Å². The summed E-state index contributed by atoms with van der Waals surface area (Å²) >= 11 is 3.43. The van der Waals surface area contributed by atoms with Gasteiger partial charge in [0, 0.05) is 18.5 Å². The fraction of sp³-hybridized carbons (Fsp3) is 1.00. The van der Waals surface area contributed by atoms with Crippen molar-refractivity contribution in [2.24, 2.45) is 0 Å². The molecule has 12 heavy (non-hydrogen) atoms. The van der Waals surface area contributed by atoms with Crippen LogP contribution in [0.15, 0.2) is 0 Å². The van der Waals surface area contributed by atoms with Gasteiger partial charge in [0.05, 0.1) is 6.61 Å². The Morgan fingerprint density at radius 1 is 1.25 bits per heavy atom. The van der Waals surface area contributed by atoms with Crippen LogP contribution in [-0.2, 0) is 4.74 Å². The lowest BCUT2D eigenvalue weighted by atomic mass is 10.4. The van der Waals surface area contributed by atoms with E-state index < -0.39 is 0 Å². The molecule has 2 nitrogen and oxygen atoms in total. The predicted octanol–water partition coefficient (Wildman–Crippen LogP) is 2.13. The normalized spacial score (nSPS) is 11.0. The fourth-order valence-electron chi connectivity index (χ4n) is 1.05. The fourth-order valence-corrected chi connectivity index (χ4v) is 1.30. The topological polar surface area (TPSA) is 12.5 Å². The second kappa shape index (κ2) is 9.49. The van der Waals surface area contributed by atoms with Gasteiger partial charge in [-0.3, -0.25) is 0 Å². The first kappa shape index (κ1) is 12.4. The van der Waals surface area contributed by atoms with Crippen molar-refractivity contribution in [1.82, 2.24) is 4.90 Å². The first-order valence-corrected chi connectivity index (χ1v) is 5.83. The van der Waals surface area contributed by atoms with E-state index in [1.54, 1.807) is 0 Å². The quantitative estimate of drug-likeness (QED) is 0.474. The molecule has 0 aromatic carbocycles. The number of ether oxygens (including phenoxy) is 1. The number of rotatable bonds is 8. The maximum Gasteiger partial charge on any atom is 0.0593 e. The SMILES string of the molecule is CCOCCN(CC)CCCBr. The monoisotopic (exact) mass is 237 g/mol. The second-order valence-corrected chi connectivity index (χ2v) is 3.47. The van der Waals surface area contributed by atoms with E-state index in [-0.39, 0.29) is 0 Å². The van der Waals surface area contributed by atoms with Crippen molar-refractivity contribution in [3.05, 3.63) is 0 Å². The molecule has 0 spiro atoms. The largest absolute Gasteiger partial charge is 0.380 e. The summed E-state index contributed by atoms with van der Waals surface area (Å²) in [7, 11) is 0. The highest BCUT2D eigenvalue weighted by atomic mass is 79.9. The van der Waals surface area contributed by atoms with Crippen molar-refractivity contribution in [3.63, 3.8) is 0 Å². The highest BCUT2D eigenvalue weighted by Crippen LogP contribution is 1.94. The highest BCUT2D eigenvalue weighted by molar-refractivity contribution is 9.09. The molecule has 74 valence electrons. The summed E-state index contributed by atoms with van der Waals surface area (Å²) in [6.45, 7) is 9.30. The molecule has 0 aliphatic carbocycles. The molecule has 0 aliphatic heterocycles. The third-order valence-electron chi connectivity index (χ3n) is 1.81. The van der Waals surface area contributed by atoms with Crippen molar-refractivity contribution in [3.8, 4) is 0 Å². The Balaban J connectivity index is 3.26. The van der Waals surface area contributed by atoms with Gasteiger partial charge in [-0.1, -0.05) is 22.9 Å². The van der Waals surface area contributed by atoms with Gasteiger partial charge in [-0.05, 0) is 26.4 Å². The summed E-state index contributed by atoms with van der Waals surface area (Å²) in [5, 5.41) is 1.10. The second-order valence-electron chi connectivity index (χ2n) is 2.67. The molecule has 0 radical (unpaired) electrons. The lowest BCUT2D eigenvalue weighted by Crippen LogP contribution is -2.28. The molecule has 0 rings (SSSR count). The average molecular weight is 238 g/mol. The van der Waals surface area contributed by atoms with Crippen LogP contribution in [0.2, 0.25) is 0 Å². The summed E-state index contributed by atoms with van der Waals surface area (Å²) in [6.07, 6.45) is 1.22. The first-order valence-electron chi connectivity index (χ1n) is 4.71. The van der Waals surface area contributed by atoms with Gasteiger partial charge in [0.25, 0.3) is 0 Å². The Morgan fingerprint density at radius 3 is 2.50 bits per heavy atom. The summed E-state index contributed by atoms with van der Waals surface area (Å²) in [5.41, 5.74) is 0. The van der Waals surface area contributed by atoms with Crippen LogP contribution >= 0.6 is 15.9 Å². The van der Waals surface area contributed by atoms with Crippen LogP contribution in [0.5, 0.6) is 0 Å². The van der Waals surface area contributed by atoms with Crippen LogP contribution in [0.25, 0.3) is 0 Å². The van der Waals surface area contributed by atoms with Crippen LogP contribution in [0.4, 0.5) is 0 Å². The summed E-state index contributed by atoms with van der Waals surface area (Å²) in [6, 6.07) is 0. The summed E-state index contributed by atoms with van der Waals surface area (Å²) in [4.78, 5) is 2.41. The summed E-state index contributed by atoms with van der Waals surface area (Å²) in [5.74, 6) is 0. The summed E-state index contributed by atoms with van der Waals surface area (Å²) < 4.78 is 5.29. The van der Waals surface area contributed by atoms with E-state index in [1.165, 1.54) is 13.0 Å². The Bertz CT molecular complexity index is 90.6. The molecule has 0 aliphatic rings. The van der Waals surface area contributed by atoms with Crippen LogP contribution in [-0.4, -0.2) is 43.1 Å². The lowest BCUT2D eigenvalue weighted by Gasteiger charge is -2.19. The maximum atomic E-state index is 5.29. The number of halogens is 1. The van der Waals surface area contributed by atoms with Gasteiger partial charge in [0.1, 0.15) is 0 Å². The van der Waals surface area contributed by atoms with Gasteiger partial charge in [-0.25, -0.2) is 0 Å². The number of nitrogens with zero attached hydrogens (tertiary/aromatic N) is 1. The van der Waals surface area contributed by atoms with Gasteiger partial charge in [0.2, 0.25) is 0 Å². The molecule has 0 amide bonds. The lowest BCUT2D eigenvalue weighted by molar-refractivity contribution is 0.115. The predicted molar refractivity (Wildman–Crippen MR) is 57.0 cm³/mol.